The number of nitrogens with zero attached hydrogens (tertiary/aromatic N) is 1. The number of hydrogen-bond donors (Lipinski definition) is 1. The average molecular weight is 256 g/mol. The molecule has 0 amide bonds. The van der Waals surface area contributed by atoms with Crippen LogP contribution >= 0.6 is 0 Å². The van der Waals surface area contributed by atoms with Crippen LogP contribution in [0, 0.1) is 6.92 Å². The first-order valence-electron chi connectivity index (χ1n) is 6.60. The minimum absolute atomic E-state index is 0.0154. The summed E-state index contributed by atoms with van der Waals surface area (Å²) in [7, 11) is 0. The third-order valence-corrected chi connectivity index (χ3v) is 3.08. The molecule has 0 saturated carbocycles. The van der Waals surface area contributed by atoms with Crippen LogP contribution < -0.4 is 10.5 Å². The Morgan fingerprint density at radius 1 is 1.16 bits per heavy atom. The van der Waals surface area contributed by atoms with Crippen molar-refractivity contribution in [2.45, 2.75) is 32.9 Å². The minimum atomic E-state index is 0.0154. The molecular formula is C16H20N2O. The van der Waals surface area contributed by atoms with Crippen LogP contribution in [0.25, 0.3) is 0 Å². The number of aromatic nitrogens is 1. The van der Waals surface area contributed by atoms with Crippen LogP contribution in [0.1, 0.15) is 36.3 Å². The Labute approximate surface area is 114 Å². The van der Waals surface area contributed by atoms with Gasteiger partial charge in [-0.05, 0) is 31.5 Å². The van der Waals surface area contributed by atoms with Crippen molar-refractivity contribution in [1.82, 2.24) is 4.98 Å². The molecule has 0 aliphatic rings. The van der Waals surface area contributed by atoms with Crippen LogP contribution in [-0.2, 0) is 6.61 Å². The summed E-state index contributed by atoms with van der Waals surface area (Å²) in [5.41, 5.74) is 9.08. The molecule has 3 heteroatoms. The summed E-state index contributed by atoms with van der Waals surface area (Å²) >= 11 is 0. The van der Waals surface area contributed by atoms with Crippen molar-refractivity contribution < 1.29 is 4.74 Å². The molecular weight excluding hydrogens is 236 g/mol. The number of para-hydroxylation sites is 1. The molecule has 0 radical (unpaired) electrons. The van der Waals surface area contributed by atoms with Gasteiger partial charge in [-0.1, -0.05) is 31.2 Å². The molecule has 1 heterocycles. The summed E-state index contributed by atoms with van der Waals surface area (Å²) in [6.45, 7) is 4.52. The molecule has 19 heavy (non-hydrogen) atoms. The number of hydrogen-bond acceptors (Lipinski definition) is 3. The maximum Gasteiger partial charge on any atom is 0.130 e. The fourth-order valence-electron chi connectivity index (χ4n) is 1.97. The van der Waals surface area contributed by atoms with Crippen molar-refractivity contribution in [2.24, 2.45) is 5.73 Å². The number of aryl methyl sites for hydroxylation is 1. The van der Waals surface area contributed by atoms with Crippen molar-refractivity contribution in [1.29, 1.82) is 0 Å². The van der Waals surface area contributed by atoms with E-state index < -0.39 is 0 Å². The van der Waals surface area contributed by atoms with E-state index in [0.29, 0.717) is 6.61 Å². The SMILES string of the molecule is CC[C@@H](N)c1ccccc1OCc1cccc(C)n1. The van der Waals surface area contributed by atoms with Gasteiger partial charge in [-0.25, -0.2) is 0 Å². The highest BCUT2D eigenvalue weighted by Crippen LogP contribution is 2.25. The molecule has 0 bridgehead atoms. The van der Waals surface area contributed by atoms with Gasteiger partial charge < -0.3 is 10.5 Å². The quantitative estimate of drug-likeness (QED) is 0.892. The van der Waals surface area contributed by atoms with Crippen LogP contribution in [0.2, 0.25) is 0 Å². The molecule has 2 N–H and O–H groups in total. The highest BCUT2D eigenvalue weighted by atomic mass is 16.5. The number of ether oxygens (including phenoxy) is 1. The van der Waals surface area contributed by atoms with E-state index in [1.165, 1.54) is 0 Å². The van der Waals surface area contributed by atoms with Gasteiger partial charge in [-0.2, -0.15) is 0 Å². The lowest BCUT2D eigenvalue weighted by atomic mass is 10.0. The van der Waals surface area contributed by atoms with Crippen molar-refractivity contribution in [2.75, 3.05) is 0 Å². The fourth-order valence-corrected chi connectivity index (χ4v) is 1.97. The second-order valence-corrected chi connectivity index (χ2v) is 4.61. The van der Waals surface area contributed by atoms with Gasteiger partial charge >= 0.3 is 0 Å². The van der Waals surface area contributed by atoms with Gasteiger partial charge in [0.1, 0.15) is 12.4 Å². The first kappa shape index (κ1) is 13.6. The molecule has 2 aromatic rings. The molecule has 1 aromatic carbocycles. The summed E-state index contributed by atoms with van der Waals surface area (Å²) in [5.74, 6) is 0.847. The Morgan fingerprint density at radius 2 is 1.95 bits per heavy atom. The Kier molecular flexibility index (Phi) is 4.53. The average Bonchev–Trinajstić information content (AvgIpc) is 2.45. The van der Waals surface area contributed by atoms with E-state index >= 15 is 0 Å². The molecule has 0 fully saturated rings. The Hall–Kier alpha value is -1.87. The molecule has 2 rings (SSSR count). The van der Waals surface area contributed by atoms with Gasteiger partial charge in [0.05, 0.1) is 5.69 Å². The lowest BCUT2D eigenvalue weighted by molar-refractivity contribution is 0.296. The van der Waals surface area contributed by atoms with E-state index in [4.69, 9.17) is 10.5 Å². The standard InChI is InChI=1S/C16H20N2O/c1-3-15(17)14-9-4-5-10-16(14)19-11-13-8-6-7-12(2)18-13/h4-10,15H,3,11,17H2,1-2H3/t15-/m1/s1. The Balaban J connectivity index is 2.11. The molecule has 3 nitrogen and oxygen atoms in total. The number of rotatable bonds is 5. The van der Waals surface area contributed by atoms with E-state index in [0.717, 1.165) is 29.1 Å². The number of benzene rings is 1. The number of nitrogens with two attached hydrogens (primary N) is 1. The summed E-state index contributed by atoms with van der Waals surface area (Å²) in [4.78, 5) is 4.43. The highest BCUT2D eigenvalue weighted by Gasteiger charge is 2.10. The van der Waals surface area contributed by atoms with E-state index in [1.807, 2.05) is 49.4 Å². The van der Waals surface area contributed by atoms with E-state index in [2.05, 4.69) is 11.9 Å². The highest BCUT2D eigenvalue weighted by molar-refractivity contribution is 5.35. The molecule has 0 saturated heterocycles. The topological polar surface area (TPSA) is 48.1 Å². The first-order valence-corrected chi connectivity index (χ1v) is 6.60. The predicted molar refractivity (Wildman–Crippen MR) is 77.0 cm³/mol. The largest absolute Gasteiger partial charge is 0.487 e. The van der Waals surface area contributed by atoms with Crippen molar-refractivity contribution in [3.63, 3.8) is 0 Å². The van der Waals surface area contributed by atoms with Crippen LogP contribution in [0.3, 0.4) is 0 Å². The number of pyridine rings is 1. The predicted octanol–water partition coefficient (Wildman–Crippen LogP) is 3.38. The molecule has 100 valence electrons. The third-order valence-electron chi connectivity index (χ3n) is 3.08. The lowest BCUT2D eigenvalue weighted by Crippen LogP contribution is -2.11. The zero-order valence-corrected chi connectivity index (χ0v) is 11.5. The van der Waals surface area contributed by atoms with Crippen LogP contribution in [0.15, 0.2) is 42.5 Å². The normalized spacial score (nSPS) is 12.2. The van der Waals surface area contributed by atoms with Gasteiger partial charge in [0.2, 0.25) is 0 Å². The van der Waals surface area contributed by atoms with E-state index in [1.54, 1.807) is 0 Å². The second kappa shape index (κ2) is 6.34. The van der Waals surface area contributed by atoms with Gasteiger partial charge in [-0.15, -0.1) is 0 Å². The van der Waals surface area contributed by atoms with Gasteiger partial charge in [0, 0.05) is 17.3 Å². The Bertz CT molecular complexity index is 540. The summed E-state index contributed by atoms with van der Waals surface area (Å²) < 4.78 is 5.86. The first-order chi connectivity index (χ1) is 9.20. The van der Waals surface area contributed by atoms with Gasteiger partial charge in [0.15, 0.2) is 0 Å². The lowest BCUT2D eigenvalue weighted by Gasteiger charge is -2.15. The molecule has 0 unspecified atom stereocenters. The summed E-state index contributed by atoms with van der Waals surface area (Å²) in [6.07, 6.45) is 0.892. The Morgan fingerprint density at radius 3 is 2.68 bits per heavy atom. The van der Waals surface area contributed by atoms with E-state index in [-0.39, 0.29) is 6.04 Å². The maximum atomic E-state index is 6.09. The van der Waals surface area contributed by atoms with E-state index in [9.17, 15) is 0 Å². The monoisotopic (exact) mass is 256 g/mol. The second-order valence-electron chi connectivity index (χ2n) is 4.61. The van der Waals surface area contributed by atoms with Gasteiger partial charge in [-0.3, -0.25) is 4.98 Å². The summed E-state index contributed by atoms with van der Waals surface area (Å²) in [6, 6.07) is 13.9. The van der Waals surface area contributed by atoms with Gasteiger partial charge in [0.25, 0.3) is 0 Å². The van der Waals surface area contributed by atoms with Crippen LogP contribution in [0.4, 0.5) is 0 Å². The maximum absolute atomic E-state index is 6.09. The molecule has 0 aliphatic carbocycles. The summed E-state index contributed by atoms with van der Waals surface area (Å²) in [5, 5.41) is 0. The fraction of sp³-hybridized carbons (Fsp3) is 0.312. The zero-order chi connectivity index (χ0) is 13.7. The van der Waals surface area contributed by atoms with Crippen molar-refractivity contribution in [3.05, 3.63) is 59.4 Å². The molecule has 0 aliphatic heterocycles. The van der Waals surface area contributed by atoms with Crippen molar-refractivity contribution in [3.8, 4) is 5.75 Å². The zero-order valence-electron chi connectivity index (χ0n) is 11.5. The van der Waals surface area contributed by atoms with Crippen LogP contribution in [-0.4, -0.2) is 4.98 Å². The molecule has 1 aromatic heterocycles. The molecule has 1 atom stereocenters. The van der Waals surface area contributed by atoms with Crippen LogP contribution in [0.5, 0.6) is 5.75 Å². The smallest absolute Gasteiger partial charge is 0.130 e. The third kappa shape index (κ3) is 3.55. The minimum Gasteiger partial charge on any atom is -0.487 e. The molecule has 0 spiro atoms. The van der Waals surface area contributed by atoms with Crippen molar-refractivity contribution >= 4 is 0 Å².